The molecule has 3 nitrogen and oxygen atoms in total. The molecule has 2 N–H and O–H groups in total. The third-order valence-corrected chi connectivity index (χ3v) is 5.35. The van der Waals surface area contributed by atoms with Crippen molar-refractivity contribution >= 4 is 0 Å². The van der Waals surface area contributed by atoms with E-state index >= 15 is 0 Å². The Bertz CT molecular complexity index is 259. The van der Waals surface area contributed by atoms with Crippen LogP contribution in [-0.2, 0) is 0 Å². The van der Waals surface area contributed by atoms with Gasteiger partial charge in [0.2, 0.25) is 0 Å². The minimum absolute atomic E-state index is 0.476. The summed E-state index contributed by atoms with van der Waals surface area (Å²) in [4.78, 5) is 5.06. The van der Waals surface area contributed by atoms with Crippen molar-refractivity contribution in [3.8, 4) is 0 Å². The molecule has 2 aliphatic rings. The van der Waals surface area contributed by atoms with Crippen LogP contribution in [0.2, 0.25) is 0 Å². The van der Waals surface area contributed by atoms with E-state index in [0.717, 1.165) is 12.6 Å². The SMILES string of the molecule is CN(C)CC1CCCN1CCC1(CN)CCCCC1. The highest BCUT2D eigenvalue weighted by Crippen LogP contribution is 2.38. The highest BCUT2D eigenvalue weighted by Gasteiger charge is 2.32. The van der Waals surface area contributed by atoms with E-state index in [2.05, 4.69) is 23.9 Å². The maximum atomic E-state index is 6.11. The predicted molar refractivity (Wildman–Crippen MR) is 82.3 cm³/mol. The molecule has 0 bridgehead atoms. The molecule has 1 atom stereocenters. The van der Waals surface area contributed by atoms with Gasteiger partial charge >= 0.3 is 0 Å². The van der Waals surface area contributed by atoms with Crippen LogP contribution in [0.3, 0.4) is 0 Å². The zero-order chi connectivity index (χ0) is 13.7. The molecule has 1 heterocycles. The average molecular weight is 267 g/mol. The number of rotatable bonds is 6. The molecule has 0 radical (unpaired) electrons. The summed E-state index contributed by atoms with van der Waals surface area (Å²) < 4.78 is 0. The molecule has 0 aromatic rings. The third-order valence-electron chi connectivity index (χ3n) is 5.35. The molecule has 3 heteroatoms. The fourth-order valence-corrected chi connectivity index (χ4v) is 4.06. The number of likely N-dealkylation sites (tertiary alicyclic amines) is 1. The highest BCUT2D eigenvalue weighted by atomic mass is 15.2. The first kappa shape index (κ1) is 15.3. The van der Waals surface area contributed by atoms with E-state index in [-0.39, 0.29) is 0 Å². The first-order valence-corrected chi connectivity index (χ1v) is 8.24. The van der Waals surface area contributed by atoms with Gasteiger partial charge in [0.05, 0.1) is 0 Å². The number of likely N-dealkylation sites (N-methyl/N-ethyl adjacent to an activating group) is 1. The van der Waals surface area contributed by atoms with E-state index in [1.54, 1.807) is 0 Å². The number of hydrogen-bond donors (Lipinski definition) is 1. The molecule has 0 aromatic carbocycles. The molecule has 1 unspecified atom stereocenters. The maximum Gasteiger partial charge on any atom is 0.0223 e. The van der Waals surface area contributed by atoms with Crippen LogP contribution in [0.1, 0.15) is 51.4 Å². The van der Waals surface area contributed by atoms with Crippen molar-refractivity contribution in [1.82, 2.24) is 9.80 Å². The summed E-state index contributed by atoms with van der Waals surface area (Å²) in [7, 11) is 4.39. The van der Waals surface area contributed by atoms with Crippen LogP contribution in [0.15, 0.2) is 0 Å². The van der Waals surface area contributed by atoms with Crippen molar-refractivity contribution in [3.63, 3.8) is 0 Å². The Morgan fingerprint density at radius 1 is 1.16 bits per heavy atom. The molecular formula is C16H33N3. The van der Waals surface area contributed by atoms with Crippen molar-refractivity contribution in [2.24, 2.45) is 11.1 Å². The van der Waals surface area contributed by atoms with Gasteiger partial charge in [-0.2, -0.15) is 0 Å². The van der Waals surface area contributed by atoms with Crippen molar-refractivity contribution in [2.45, 2.75) is 57.4 Å². The normalized spacial score (nSPS) is 28.1. The Morgan fingerprint density at radius 3 is 2.53 bits per heavy atom. The molecule has 0 aromatic heterocycles. The van der Waals surface area contributed by atoms with Crippen molar-refractivity contribution in [1.29, 1.82) is 0 Å². The summed E-state index contributed by atoms with van der Waals surface area (Å²) in [6.45, 7) is 4.70. The number of hydrogen-bond acceptors (Lipinski definition) is 3. The van der Waals surface area contributed by atoms with Gasteiger partial charge in [0.1, 0.15) is 0 Å². The van der Waals surface area contributed by atoms with Crippen molar-refractivity contribution < 1.29 is 0 Å². The second-order valence-electron chi connectivity index (χ2n) is 7.11. The van der Waals surface area contributed by atoms with Gasteiger partial charge in [-0.1, -0.05) is 19.3 Å². The van der Waals surface area contributed by atoms with Gasteiger partial charge in [0.25, 0.3) is 0 Å². The zero-order valence-corrected chi connectivity index (χ0v) is 13.0. The lowest BCUT2D eigenvalue weighted by molar-refractivity contribution is 0.132. The predicted octanol–water partition coefficient (Wildman–Crippen LogP) is 2.31. The summed E-state index contributed by atoms with van der Waals surface area (Å²) in [5, 5.41) is 0. The molecule has 0 amide bonds. The van der Waals surface area contributed by atoms with Gasteiger partial charge in [-0.05, 0) is 71.2 Å². The monoisotopic (exact) mass is 267 g/mol. The second kappa shape index (κ2) is 7.05. The molecule has 1 saturated heterocycles. The smallest absolute Gasteiger partial charge is 0.0223 e. The molecule has 1 aliphatic heterocycles. The summed E-state index contributed by atoms with van der Waals surface area (Å²) >= 11 is 0. The first-order chi connectivity index (χ1) is 9.15. The molecular weight excluding hydrogens is 234 g/mol. The lowest BCUT2D eigenvalue weighted by Gasteiger charge is -2.38. The van der Waals surface area contributed by atoms with E-state index in [4.69, 9.17) is 5.73 Å². The highest BCUT2D eigenvalue weighted by molar-refractivity contribution is 4.87. The molecule has 2 rings (SSSR count). The van der Waals surface area contributed by atoms with Gasteiger partial charge < -0.3 is 10.6 Å². The molecule has 112 valence electrons. The summed E-state index contributed by atoms with van der Waals surface area (Å²) in [6, 6.07) is 0.786. The first-order valence-electron chi connectivity index (χ1n) is 8.24. The van der Waals surface area contributed by atoms with Crippen LogP contribution in [0.25, 0.3) is 0 Å². The van der Waals surface area contributed by atoms with Crippen LogP contribution in [0.5, 0.6) is 0 Å². The van der Waals surface area contributed by atoms with Crippen LogP contribution >= 0.6 is 0 Å². The lowest BCUT2D eigenvalue weighted by atomic mass is 9.72. The molecule has 0 spiro atoms. The van der Waals surface area contributed by atoms with Gasteiger partial charge in [-0.3, -0.25) is 4.90 Å². The van der Waals surface area contributed by atoms with Crippen LogP contribution in [-0.4, -0.2) is 56.1 Å². The maximum absolute atomic E-state index is 6.11. The third kappa shape index (κ3) is 4.17. The standard InChI is InChI=1S/C16H33N3/c1-18(2)13-15-7-6-11-19(15)12-10-16(14-17)8-4-3-5-9-16/h15H,3-14,17H2,1-2H3. The van der Waals surface area contributed by atoms with Crippen molar-refractivity contribution in [2.75, 3.05) is 40.3 Å². The Labute approximate surface area is 119 Å². The minimum atomic E-state index is 0.476. The Morgan fingerprint density at radius 2 is 1.89 bits per heavy atom. The van der Waals surface area contributed by atoms with Gasteiger partial charge in [0.15, 0.2) is 0 Å². The fraction of sp³-hybridized carbons (Fsp3) is 1.00. The largest absolute Gasteiger partial charge is 0.330 e. The second-order valence-corrected chi connectivity index (χ2v) is 7.11. The van der Waals surface area contributed by atoms with E-state index in [9.17, 15) is 0 Å². The van der Waals surface area contributed by atoms with Crippen molar-refractivity contribution in [3.05, 3.63) is 0 Å². The fourth-order valence-electron chi connectivity index (χ4n) is 4.06. The quantitative estimate of drug-likeness (QED) is 0.801. The summed E-state index contributed by atoms with van der Waals surface area (Å²) in [5.41, 5.74) is 6.59. The van der Waals surface area contributed by atoms with Gasteiger partial charge in [0, 0.05) is 12.6 Å². The number of nitrogens with two attached hydrogens (primary N) is 1. The minimum Gasteiger partial charge on any atom is -0.330 e. The Balaban J connectivity index is 1.82. The van der Waals surface area contributed by atoms with Gasteiger partial charge in [-0.25, -0.2) is 0 Å². The zero-order valence-electron chi connectivity index (χ0n) is 13.0. The number of nitrogens with zero attached hydrogens (tertiary/aromatic N) is 2. The molecule has 1 aliphatic carbocycles. The van der Waals surface area contributed by atoms with E-state index in [1.807, 2.05) is 0 Å². The summed E-state index contributed by atoms with van der Waals surface area (Å²) in [6.07, 6.45) is 11.1. The molecule has 1 saturated carbocycles. The van der Waals surface area contributed by atoms with E-state index in [1.165, 1.54) is 71.0 Å². The topological polar surface area (TPSA) is 32.5 Å². The molecule has 2 fully saturated rings. The lowest BCUT2D eigenvalue weighted by Crippen LogP contribution is -2.41. The summed E-state index contributed by atoms with van der Waals surface area (Å²) in [5.74, 6) is 0. The molecule has 19 heavy (non-hydrogen) atoms. The average Bonchev–Trinajstić information content (AvgIpc) is 2.84. The van der Waals surface area contributed by atoms with Crippen LogP contribution in [0, 0.1) is 5.41 Å². The van der Waals surface area contributed by atoms with Gasteiger partial charge in [-0.15, -0.1) is 0 Å². The van der Waals surface area contributed by atoms with Crippen LogP contribution in [0.4, 0.5) is 0 Å². The van der Waals surface area contributed by atoms with E-state index < -0.39 is 0 Å². The Hall–Kier alpha value is -0.120. The Kier molecular flexibility index (Phi) is 5.67. The van der Waals surface area contributed by atoms with Crippen LogP contribution < -0.4 is 5.73 Å². The van der Waals surface area contributed by atoms with E-state index in [0.29, 0.717) is 5.41 Å².